The number of hydrogen-bond donors (Lipinski definition) is 11. The van der Waals surface area contributed by atoms with Gasteiger partial charge >= 0.3 is 5.97 Å². The van der Waals surface area contributed by atoms with Gasteiger partial charge in [0.1, 0.15) is 61.1 Å². The van der Waals surface area contributed by atoms with Crippen LogP contribution in [0.15, 0.2) is 12.5 Å². The summed E-state index contributed by atoms with van der Waals surface area (Å²) in [5.41, 5.74) is 0.479. The Morgan fingerprint density at radius 2 is 1.68 bits per heavy atom. The van der Waals surface area contributed by atoms with Crippen molar-refractivity contribution in [3.05, 3.63) is 18.2 Å². The normalized spacial score (nSPS) is 36.2. The molecule has 228 valence electrons. The Morgan fingerprint density at radius 3 is 2.23 bits per heavy atom. The van der Waals surface area contributed by atoms with E-state index in [4.69, 9.17) is 14.2 Å². The SMILES string of the molecule is CC(C)[C@H](NC1O[C@H](CO)[C@@H](O[C@@H]2O[C@H](CO)[C@H](O)[C@H](O)[C@H]2O)[C@H](O)[C@H]1O)C(=O)N[C@@H](Cc1cnc[nH]1)C(=O)O. The Hall–Kier alpha value is -2.29. The number of aliphatic hydroxyl groups is 7. The molecule has 0 spiro atoms. The number of carboxylic acid groups (broad SMARTS) is 1. The summed E-state index contributed by atoms with van der Waals surface area (Å²) in [6.45, 7) is 1.83. The van der Waals surface area contributed by atoms with E-state index in [-0.39, 0.29) is 6.42 Å². The molecule has 40 heavy (non-hydrogen) atoms. The van der Waals surface area contributed by atoms with E-state index in [2.05, 4.69) is 20.6 Å². The van der Waals surface area contributed by atoms with Gasteiger partial charge in [-0.2, -0.15) is 0 Å². The molecule has 1 amide bonds. The van der Waals surface area contributed by atoms with Gasteiger partial charge in [-0.1, -0.05) is 13.8 Å². The maximum absolute atomic E-state index is 13.1. The molecule has 1 unspecified atom stereocenters. The number of aliphatic carboxylic acids is 1. The fourth-order valence-corrected chi connectivity index (χ4v) is 4.55. The van der Waals surface area contributed by atoms with Crippen LogP contribution in [0.4, 0.5) is 0 Å². The maximum Gasteiger partial charge on any atom is 0.326 e. The van der Waals surface area contributed by atoms with Gasteiger partial charge in [0.25, 0.3) is 0 Å². The van der Waals surface area contributed by atoms with E-state index >= 15 is 0 Å². The molecular weight excluding hydrogens is 540 g/mol. The highest BCUT2D eigenvalue weighted by atomic mass is 16.7. The minimum absolute atomic E-state index is 0.0727. The monoisotopic (exact) mass is 578 g/mol. The summed E-state index contributed by atoms with van der Waals surface area (Å²) in [5, 5.41) is 85.9. The number of carbonyl (C=O) groups is 2. The molecule has 0 aromatic carbocycles. The maximum atomic E-state index is 13.1. The lowest BCUT2D eigenvalue weighted by atomic mass is 9.95. The Labute approximate surface area is 228 Å². The fraction of sp³-hybridized carbons (Fsp3) is 0.783. The zero-order chi connectivity index (χ0) is 29.7. The molecular formula is C23H38N4O13. The van der Waals surface area contributed by atoms with E-state index in [0.29, 0.717) is 5.69 Å². The van der Waals surface area contributed by atoms with Crippen molar-refractivity contribution in [2.24, 2.45) is 5.92 Å². The van der Waals surface area contributed by atoms with Gasteiger partial charge in [0.05, 0.1) is 25.6 Å². The smallest absolute Gasteiger partial charge is 0.326 e. The van der Waals surface area contributed by atoms with Crippen LogP contribution in [0, 0.1) is 5.92 Å². The number of aliphatic hydroxyl groups excluding tert-OH is 7. The number of aromatic nitrogens is 2. The predicted molar refractivity (Wildman–Crippen MR) is 130 cm³/mol. The predicted octanol–water partition coefficient (Wildman–Crippen LogP) is -5.24. The first kappa shape index (κ1) is 32.2. The van der Waals surface area contributed by atoms with Crippen LogP contribution >= 0.6 is 0 Å². The molecule has 0 saturated carbocycles. The average Bonchev–Trinajstić information content (AvgIpc) is 3.43. The van der Waals surface area contributed by atoms with Crippen molar-refractivity contribution in [2.45, 2.75) is 93.7 Å². The Balaban J connectivity index is 1.70. The zero-order valence-electron chi connectivity index (χ0n) is 21.8. The van der Waals surface area contributed by atoms with E-state index in [1.54, 1.807) is 13.8 Å². The highest BCUT2D eigenvalue weighted by Gasteiger charge is 2.51. The van der Waals surface area contributed by atoms with Crippen molar-refractivity contribution in [3.63, 3.8) is 0 Å². The molecule has 2 aliphatic rings. The van der Waals surface area contributed by atoms with E-state index < -0.39 is 104 Å². The fourth-order valence-electron chi connectivity index (χ4n) is 4.55. The first-order chi connectivity index (χ1) is 18.9. The van der Waals surface area contributed by atoms with Crippen LogP contribution in [-0.2, 0) is 30.2 Å². The van der Waals surface area contributed by atoms with Crippen LogP contribution in [0.25, 0.3) is 0 Å². The van der Waals surface area contributed by atoms with Crippen molar-refractivity contribution < 1.29 is 64.7 Å². The third kappa shape index (κ3) is 7.31. The molecule has 2 aliphatic heterocycles. The van der Waals surface area contributed by atoms with Crippen LogP contribution in [0.5, 0.6) is 0 Å². The van der Waals surface area contributed by atoms with Gasteiger partial charge in [-0.05, 0) is 5.92 Å². The lowest BCUT2D eigenvalue weighted by Crippen LogP contribution is -2.68. The molecule has 2 saturated heterocycles. The molecule has 11 N–H and O–H groups in total. The number of imidazole rings is 1. The number of carboxylic acids is 1. The third-order valence-corrected chi connectivity index (χ3v) is 6.89. The topological polar surface area (TPSA) is 276 Å². The summed E-state index contributed by atoms with van der Waals surface area (Å²) in [6.07, 6.45) is -13.3. The number of H-pyrrole nitrogens is 1. The molecule has 3 rings (SSSR count). The standard InChI is InChI=1S/C23H38N4O13/c1-8(2)13(20(35)26-10(22(36)37)3-9-4-24-7-25-9)27-21-17(33)16(32)19(12(6-29)38-21)40-23-18(34)15(31)14(30)11(5-28)39-23/h4,7-8,10-19,21,23,27-34H,3,5-6H2,1-2H3,(H,24,25)(H,26,35)(H,36,37)/t10-,11+,12+,13-,14-,15-,16+,17+,18+,19+,21?,23-/m0/s1. The Kier molecular flexibility index (Phi) is 11.3. The van der Waals surface area contributed by atoms with Crippen LogP contribution in [0.3, 0.4) is 0 Å². The van der Waals surface area contributed by atoms with E-state index in [9.17, 15) is 50.4 Å². The first-order valence-electron chi connectivity index (χ1n) is 12.7. The summed E-state index contributed by atoms with van der Waals surface area (Å²) in [7, 11) is 0. The third-order valence-electron chi connectivity index (χ3n) is 6.89. The second kappa shape index (κ2) is 14.1. The number of hydrogen-bond acceptors (Lipinski definition) is 14. The highest BCUT2D eigenvalue weighted by molar-refractivity contribution is 5.87. The Bertz CT molecular complexity index is 949. The molecule has 0 bridgehead atoms. The summed E-state index contributed by atoms with van der Waals surface area (Å²) in [5.74, 6) is -2.47. The van der Waals surface area contributed by atoms with Crippen molar-refractivity contribution in [2.75, 3.05) is 13.2 Å². The van der Waals surface area contributed by atoms with Crippen molar-refractivity contribution >= 4 is 11.9 Å². The molecule has 2 fully saturated rings. The van der Waals surface area contributed by atoms with Crippen molar-refractivity contribution in [1.82, 2.24) is 20.6 Å². The molecule has 0 radical (unpaired) electrons. The molecule has 0 aliphatic carbocycles. The first-order valence-corrected chi connectivity index (χ1v) is 12.7. The largest absolute Gasteiger partial charge is 0.480 e. The number of ether oxygens (including phenoxy) is 3. The van der Waals surface area contributed by atoms with E-state index in [1.807, 2.05) is 0 Å². The summed E-state index contributed by atoms with van der Waals surface area (Å²) >= 11 is 0. The highest BCUT2D eigenvalue weighted by Crippen LogP contribution is 2.29. The average molecular weight is 579 g/mol. The second-order valence-corrected chi connectivity index (χ2v) is 10.1. The van der Waals surface area contributed by atoms with Crippen LogP contribution in [0.1, 0.15) is 19.5 Å². The molecule has 12 atom stereocenters. The number of carbonyl (C=O) groups excluding carboxylic acids is 1. The summed E-state index contributed by atoms with van der Waals surface area (Å²) in [6, 6.07) is -2.42. The van der Waals surface area contributed by atoms with Crippen molar-refractivity contribution in [3.8, 4) is 0 Å². The molecule has 17 heteroatoms. The molecule has 17 nitrogen and oxygen atoms in total. The summed E-state index contributed by atoms with van der Waals surface area (Å²) < 4.78 is 16.5. The van der Waals surface area contributed by atoms with Gasteiger partial charge in [-0.15, -0.1) is 0 Å². The minimum atomic E-state index is -1.81. The van der Waals surface area contributed by atoms with Gasteiger partial charge < -0.3 is 65.4 Å². The summed E-state index contributed by atoms with van der Waals surface area (Å²) in [4.78, 5) is 31.4. The van der Waals surface area contributed by atoms with Gasteiger partial charge in [-0.3, -0.25) is 10.1 Å². The zero-order valence-corrected chi connectivity index (χ0v) is 21.8. The lowest BCUT2D eigenvalue weighted by Gasteiger charge is -2.46. The minimum Gasteiger partial charge on any atom is -0.480 e. The van der Waals surface area contributed by atoms with Crippen LogP contribution in [-0.4, -0.2) is 149 Å². The van der Waals surface area contributed by atoms with Crippen molar-refractivity contribution in [1.29, 1.82) is 0 Å². The van der Waals surface area contributed by atoms with Gasteiger partial charge in [0.2, 0.25) is 5.91 Å². The molecule has 1 aromatic heterocycles. The molecule has 3 heterocycles. The van der Waals surface area contributed by atoms with Gasteiger partial charge in [0.15, 0.2) is 6.29 Å². The molecule has 1 aromatic rings. The van der Waals surface area contributed by atoms with E-state index in [0.717, 1.165) is 0 Å². The lowest BCUT2D eigenvalue weighted by molar-refractivity contribution is -0.343. The number of aromatic amines is 1. The number of nitrogens with zero attached hydrogens (tertiary/aromatic N) is 1. The quantitative estimate of drug-likeness (QED) is 0.111. The number of amides is 1. The van der Waals surface area contributed by atoms with E-state index in [1.165, 1.54) is 12.5 Å². The number of rotatable bonds is 12. The Morgan fingerprint density at radius 1 is 1.00 bits per heavy atom. The second-order valence-electron chi connectivity index (χ2n) is 10.1. The van der Waals surface area contributed by atoms with Gasteiger partial charge in [0, 0.05) is 18.3 Å². The van der Waals surface area contributed by atoms with Crippen LogP contribution < -0.4 is 10.6 Å². The van der Waals surface area contributed by atoms with Crippen LogP contribution in [0.2, 0.25) is 0 Å². The number of nitrogens with one attached hydrogen (secondary N) is 3. The van der Waals surface area contributed by atoms with Gasteiger partial charge in [-0.25, -0.2) is 9.78 Å².